The zero-order chi connectivity index (χ0) is 14.3. The number of nitrogens with two attached hydrogens (primary N) is 1. The minimum atomic E-state index is 0.412. The minimum absolute atomic E-state index is 0.412. The van der Waals surface area contributed by atoms with Crippen molar-refractivity contribution in [3.05, 3.63) is 28.7 Å². The molecule has 0 aliphatic carbocycles. The predicted molar refractivity (Wildman–Crippen MR) is 88.9 cm³/mol. The van der Waals surface area contributed by atoms with E-state index in [2.05, 4.69) is 70.9 Å². The van der Waals surface area contributed by atoms with E-state index in [0.29, 0.717) is 11.2 Å². The van der Waals surface area contributed by atoms with E-state index in [-0.39, 0.29) is 0 Å². The van der Waals surface area contributed by atoms with Gasteiger partial charge in [-0.05, 0) is 38.1 Å². The van der Waals surface area contributed by atoms with E-state index in [1.54, 1.807) is 0 Å². The molecule has 106 valence electrons. The number of benzene rings is 1. The number of thioether (sulfide) groups is 1. The number of hydrogen-bond acceptors (Lipinski definition) is 2. The van der Waals surface area contributed by atoms with Crippen LogP contribution in [0.5, 0.6) is 0 Å². The van der Waals surface area contributed by atoms with Gasteiger partial charge in [-0.3, -0.25) is 4.99 Å². The summed E-state index contributed by atoms with van der Waals surface area (Å²) < 4.78 is 1.10. The second-order valence-corrected chi connectivity index (χ2v) is 6.68. The zero-order valence-electron chi connectivity index (χ0n) is 11.8. The fourth-order valence-corrected chi connectivity index (χ4v) is 2.82. The maximum absolute atomic E-state index is 5.96. The van der Waals surface area contributed by atoms with Crippen LogP contribution in [0.4, 0.5) is 0 Å². The molecule has 1 unspecified atom stereocenters. The molecule has 0 saturated carbocycles. The van der Waals surface area contributed by atoms with Crippen molar-refractivity contribution in [2.24, 2.45) is 10.7 Å². The van der Waals surface area contributed by atoms with Gasteiger partial charge >= 0.3 is 0 Å². The van der Waals surface area contributed by atoms with Crippen molar-refractivity contribution >= 4 is 33.7 Å². The molecule has 0 aliphatic heterocycles. The van der Waals surface area contributed by atoms with Crippen molar-refractivity contribution < 1.29 is 0 Å². The number of halogens is 1. The van der Waals surface area contributed by atoms with Gasteiger partial charge in [0.2, 0.25) is 0 Å². The van der Waals surface area contributed by atoms with E-state index in [4.69, 9.17) is 5.73 Å². The van der Waals surface area contributed by atoms with Gasteiger partial charge in [0.05, 0.1) is 6.54 Å². The second-order valence-electron chi connectivity index (χ2n) is 4.25. The molecule has 0 amide bonds. The van der Waals surface area contributed by atoms with Gasteiger partial charge in [0.25, 0.3) is 0 Å². The van der Waals surface area contributed by atoms with Gasteiger partial charge in [-0.2, -0.15) is 0 Å². The molecule has 0 saturated heterocycles. The van der Waals surface area contributed by atoms with Gasteiger partial charge in [0, 0.05) is 27.7 Å². The number of guanidine groups is 1. The van der Waals surface area contributed by atoms with Crippen molar-refractivity contribution in [2.75, 3.05) is 19.6 Å². The SMILES string of the molecule is CCN(CC)C(N)=NCC(C)Sc1ccc(Br)cc1. The molecule has 3 nitrogen and oxygen atoms in total. The van der Waals surface area contributed by atoms with Crippen LogP contribution in [0, 0.1) is 0 Å². The lowest BCUT2D eigenvalue weighted by atomic mass is 10.4. The predicted octanol–water partition coefficient (Wildman–Crippen LogP) is 3.59. The van der Waals surface area contributed by atoms with Gasteiger partial charge in [-0.1, -0.05) is 22.9 Å². The highest BCUT2D eigenvalue weighted by Crippen LogP contribution is 2.24. The molecule has 0 aliphatic rings. The molecule has 1 aromatic rings. The molecule has 2 N–H and O–H groups in total. The van der Waals surface area contributed by atoms with E-state index >= 15 is 0 Å². The molecule has 0 spiro atoms. The lowest BCUT2D eigenvalue weighted by molar-refractivity contribution is 0.458. The summed E-state index contributed by atoms with van der Waals surface area (Å²) in [6.45, 7) is 8.90. The first-order valence-electron chi connectivity index (χ1n) is 6.53. The maximum atomic E-state index is 5.96. The second kappa shape index (κ2) is 8.48. The first-order valence-corrected chi connectivity index (χ1v) is 8.21. The van der Waals surface area contributed by atoms with Crippen molar-refractivity contribution in [1.82, 2.24) is 4.90 Å². The van der Waals surface area contributed by atoms with Gasteiger partial charge in [-0.15, -0.1) is 11.8 Å². The van der Waals surface area contributed by atoms with Crippen LogP contribution >= 0.6 is 27.7 Å². The molecule has 5 heteroatoms. The Labute approximate surface area is 128 Å². The number of aliphatic imine (C=N–C) groups is 1. The van der Waals surface area contributed by atoms with Gasteiger partial charge < -0.3 is 10.6 Å². The third kappa shape index (κ3) is 5.87. The summed E-state index contributed by atoms with van der Waals surface area (Å²) in [6, 6.07) is 8.34. The fourth-order valence-electron chi connectivity index (χ4n) is 1.65. The average molecular weight is 344 g/mol. The van der Waals surface area contributed by atoms with Crippen LogP contribution in [0.1, 0.15) is 20.8 Å². The molecule has 1 rings (SSSR count). The molecular weight excluding hydrogens is 322 g/mol. The molecule has 19 heavy (non-hydrogen) atoms. The van der Waals surface area contributed by atoms with Gasteiger partial charge in [0.1, 0.15) is 0 Å². The Kier molecular flexibility index (Phi) is 7.31. The fraction of sp³-hybridized carbons (Fsp3) is 0.500. The lowest BCUT2D eigenvalue weighted by Crippen LogP contribution is -2.37. The largest absolute Gasteiger partial charge is 0.370 e. The average Bonchev–Trinajstić information content (AvgIpc) is 2.40. The summed E-state index contributed by atoms with van der Waals surface area (Å²) in [5.41, 5.74) is 5.96. The van der Waals surface area contributed by atoms with Gasteiger partial charge in [0.15, 0.2) is 5.96 Å². The van der Waals surface area contributed by atoms with E-state index in [9.17, 15) is 0 Å². The Bertz CT molecular complexity index is 402. The van der Waals surface area contributed by atoms with Crippen LogP contribution < -0.4 is 5.73 Å². The topological polar surface area (TPSA) is 41.6 Å². The standard InChI is InChI=1S/C14H22BrN3S/c1-4-18(5-2)14(16)17-10-11(3)19-13-8-6-12(15)7-9-13/h6-9,11H,4-5,10H2,1-3H3,(H2,16,17). The molecule has 0 heterocycles. The van der Waals surface area contributed by atoms with E-state index in [0.717, 1.165) is 24.1 Å². The van der Waals surface area contributed by atoms with Crippen LogP contribution in [-0.4, -0.2) is 35.7 Å². The summed E-state index contributed by atoms with van der Waals surface area (Å²) in [6.07, 6.45) is 0. The van der Waals surface area contributed by atoms with Gasteiger partial charge in [-0.25, -0.2) is 0 Å². The zero-order valence-corrected chi connectivity index (χ0v) is 14.2. The number of nitrogens with zero attached hydrogens (tertiary/aromatic N) is 2. The third-order valence-electron chi connectivity index (χ3n) is 2.75. The van der Waals surface area contributed by atoms with Crippen LogP contribution in [0.3, 0.4) is 0 Å². The summed E-state index contributed by atoms with van der Waals surface area (Å²) >= 11 is 5.26. The smallest absolute Gasteiger partial charge is 0.191 e. The van der Waals surface area contributed by atoms with Crippen molar-refractivity contribution in [1.29, 1.82) is 0 Å². The minimum Gasteiger partial charge on any atom is -0.370 e. The van der Waals surface area contributed by atoms with E-state index < -0.39 is 0 Å². The quantitative estimate of drug-likeness (QED) is 0.487. The number of rotatable bonds is 6. The highest BCUT2D eigenvalue weighted by Gasteiger charge is 2.06. The summed E-state index contributed by atoms with van der Waals surface area (Å²) in [5.74, 6) is 0.647. The van der Waals surface area contributed by atoms with Crippen molar-refractivity contribution in [2.45, 2.75) is 30.9 Å². The number of hydrogen-bond donors (Lipinski definition) is 1. The summed E-state index contributed by atoms with van der Waals surface area (Å²) in [7, 11) is 0. The van der Waals surface area contributed by atoms with Crippen molar-refractivity contribution in [3.8, 4) is 0 Å². The molecule has 0 bridgehead atoms. The molecular formula is C14H22BrN3S. The third-order valence-corrected chi connectivity index (χ3v) is 4.37. The van der Waals surface area contributed by atoms with Crippen LogP contribution in [0.2, 0.25) is 0 Å². The first-order chi connectivity index (χ1) is 9.06. The molecule has 0 fully saturated rings. The van der Waals surface area contributed by atoms with E-state index in [1.165, 1.54) is 4.90 Å². The molecule has 0 aromatic heterocycles. The molecule has 0 radical (unpaired) electrons. The Hall–Kier alpha value is -0.680. The normalized spacial score (nSPS) is 13.4. The molecule has 1 atom stereocenters. The molecule has 1 aromatic carbocycles. The van der Waals surface area contributed by atoms with Crippen LogP contribution in [0.25, 0.3) is 0 Å². The Balaban J connectivity index is 2.49. The maximum Gasteiger partial charge on any atom is 0.191 e. The highest BCUT2D eigenvalue weighted by atomic mass is 79.9. The monoisotopic (exact) mass is 343 g/mol. The Morgan fingerprint density at radius 1 is 1.32 bits per heavy atom. The lowest BCUT2D eigenvalue weighted by Gasteiger charge is -2.20. The summed E-state index contributed by atoms with van der Waals surface area (Å²) in [5, 5.41) is 0.412. The van der Waals surface area contributed by atoms with Crippen LogP contribution in [-0.2, 0) is 0 Å². The highest BCUT2D eigenvalue weighted by molar-refractivity contribution is 9.10. The van der Waals surface area contributed by atoms with Crippen LogP contribution in [0.15, 0.2) is 38.6 Å². The first kappa shape index (κ1) is 16.4. The van der Waals surface area contributed by atoms with Crippen molar-refractivity contribution in [3.63, 3.8) is 0 Å². The Morgan fingerprint density at radius 2 is 1.89 bits per heavy atom. The summed E-state index contributed by atoms with van der Waals surface area (Å²) in [4.78, 5) is 7.79. The van der Waals surface area contributed by atoms with E-state index in [1.807, 2.05) is 11.8 Å². The Morgan fingerprint density at radius 3 is 2.42 bits per heavy atom.